The quantitative estimate of drug-likeness (QED) is 0.446. The summed E-state index contributed by atoms with van der Waals surface area (Å²) < 4.78 is 17.3. The minimum Gasteiger partial charge on any atom is -0.444 e. The van der Waals surface area contributed by atoms with Crippen LogP contribution >= 0.6 is 0 Å². The molecule has 0 aromatic heterocycles. The fourth-order valence-electron chi connectivity index (χ4n) is 2.90. The van der Waals surface area contributed by atoms with Crippen LogP contribution in [0.15, 0.2) is 35.9 Å². The second-order valence-electron chi connectivity index (χ2n) is 11.0. The molecule has 0 aliphatic carbocycles. The summed E-state index contributed by atoms with van der Waals surface area (Å²) in [5, 5.41) is 5.42. The van der Waals surface area contributed by atoms with E-state index in [0.29, 0.717) is 11.1 Å². The molecule has 1 atom stereocenters. The van der Waals surface area contributed by atoms with Gasteiger partial charge in [0, 0.05) is 35.8 Å². The zero-order valence-corrected chi connectivity index (χ0v) is 24.4. The number of benzene rings is 1. The summed E-state index contributed by atoms with van der Waals surface area (Å²) in [6.45, 7) is 16.5. The molecule has 1 aromatic rings. The van der Waals surface area contributed by atoms with Crippen molar-refractivity contribution in [3.63, 3.8) is 0 Å². The largest absolute Gasteiger partial charge is 0.444 e. The average Bonchev–Trinajstić information content (AvgIpc) is 2.82. The second kappa shape index (κ2) is 15.7. The lowest BCUT2D eigenvalue weighted by atomic mass is 9.85. The highest BCUT2D eigenvalue weighted by molar-refractivity contribution is 5.98. The number of carbonyl (C=O) groups excluding carboxylic acids is 4. The lowest BCUT2D eigenvalue weighted by Crippen LogP contribution is -2.54. The molecular formula is C28H44FN3O6. The molecule has 0 aliphatic heterocycles. The van der Waals surface area contributed by atoms with Gasteiger partial charge in [0.15, 0.2) is 0 Å². The Morgan fingerprint density at radius 2 is 1.66 bits per heavy atom. The molecule has 0 aliphatic rings. The molecule has 38 heavy (non-hydrogen) atoms. The van der Waals surface area contributed by atoms with Crippen LogP contribution in [-0.2, 0) is 25.8 Å². The third-order valence-corrected chi connectivity index (χ3v) is 4.85. The van der Waals surface area contributed by atoms with Crippen molar-refractivity contribution in [2.24, 2.45) is 5.41 Å². The first kappa shape index (κ1) is 34.6. The summed E-state index contributed by atoms with van der Waals surface area (Å²) in [6.07, 6.45) is 2.04. The molecule has 2 N–H and O–H groups in total. The molecule has 0 heterocycles. The van der Waals surface area contributed by atoms with Crippen molar-refractivity contribution in [1.29, 1.82) is 0 Å². The zero-order chi connectivity index (χ0) is 29.7. The molecule has 0 fully saturated rings. The predicted octanol–water partition coefficient (Wildman–Crippen LogP) is 5.10. The summed E-state index contributed by atoms with van der Waals surface area (Å²) in [5.74, 6) is -1.97. The molecule has 1 aromatic carbocycles. The molecule has 0 saturated heterocycles. The Balaban J connectivity index is 0.00000434. The number of hydrogen-bond donors (Lipinski definition) is 2. The van der Waals surface area contributed by atoms with Crippen LogP contribution in [0.1, 0.15) is 84.7 Å². The Bertz CT molecular complexity index is 980. The van der Waals surface area contributed by atoms with Crippen molar-refractivity contribution >= 4 is 23.9 Å². The van der Waals surface area contributed by atoms with Crippen LogP contribution in [0.25, 0.3) is 0 Å². The molecule has 214 valence electrons. The fraction of sp³-hybridized carbons (Fsp3) is 0.571. The predicted molar refractivity (Wildman–Crippen MR) is 145 cm³/mol. The van der Waals surface area contributed by atoms with Gasteiger partial charge in [-0.2, -0.15) is 0 Å². The number of likely N-dealkylation sites (N-methyl/N-ethyl adjacent to an activating group) is 1. The Kier molecular flexibility index (Phi) is 14.3. The summed E-state index contributed by atoms with van der Waals surface area (Å²) in [5.41, 5.74) is -0.244. The first-order chi connectivity index (χ1) is 17.5. The number of hydrogen-bond acceptors (Lipinski definition) is 6. The molecule has 3 amide bonds. The minimum absolute atomic E-state index is 0.0142. The molecule has 1 rings (SSSR count). The summed E-state index contributed by atoms with van der Waals surface area (Å²) >= 11 is 0. The van der Waals surface area contributed by atoms with Gasteiger partial charge in [0.05, 0.1) is 0 Å². The third kappa shape index (κ3) is 13.2. The van der Waals surface area contributed by atoms with E-state index in [2.05, 4.69) is 29.4 Å². The van der Waals surface area contributed by atoms with E-state index in [1.807, 2.05) is 20.8 Å². The number of alkyl carbamates (subject to hydrolysis) is 1. The van der Waals surface area contributed by atoms with Gasteiger partial charge in [0.25, 0.3) is 5.91 Å². The molecule has 10 heteroatoms. The van der Waals surface area contributed by atoms with E-state index in [0.717, 1.165) is 0 Å². The number of ether oxygens (including phenoxy) is 1. The Hall–Kier alpha value is -3.43. The Labute approximate surface area is 226 Å². The lowest BCUT2D eigenvalue weighted by molar-refractivity contribution is -0.178. The van der Waals surface area contributed by atoms with E-state index in [1.165, 1.54) is 31.4 Å². The fourth-order valence-corrected chi connectivity index (χ4v) is 2.90. The topological polar surface area (TPSA) is 114 Å². The van der Waals surface area contributed by atoms with E-state index in [-0.39, 0.29) is 24.6 Å². The van der Waals surface area contributed by atoms with E-state index in [1.54, 1.807) is 45.0 Å². The van der Waals surface area contributed by atoms with Crippen LogP contribution in [0.2, 0.25) is 0 Å². The number of halogens is 1. The molecule has 9 nitrogen and oxygen atoms in total. The van der Waals surface area contributed by atoms with Crippen molar-refractivity contribution in [1.82, 2.24) is 15.5 Å². The maximum absolute atomic E-state index is 13.1. The van der Waals surface area contributed by atoms with Crippen LogP contribution < -0.4 is 10.6 Å². The maximum atomic E-state index is 13.1. The van der Waals surface area contributed by atoms with Crippen molar-refractivity contribution in [2.75, 3.05) is 13.6 Å². The van der Waals surface area contributed by atoms with Crippen LogP contribution in [-0.4, -0.2) is 54.0 Å². The van der Waals surface area contributed by atoms with Gasteiger partial charge < -0.3 is 20.3 Å². The monoisotopic (exact) mass is 537 g/mol. The van der Waals surface area contributed by atoms with Crippen LogP contribution in [0.5, 0.6) is 0 Å². The second-order valence-corrected chi connectivity index (χ2v) is 11.0. The number of rotatable bonds is 8. The van der Waals surface area contributed by atoms with E-state index in [4.69, 9.17) is 4.74 Å². The standard InChI is InChI=1S/C25H36FN3O6.C3H8/c1-16(22(32)35-26)12-13-29(8)21(31)19(24(2,3)4)28-20(30)18-11-9-10-17(14-18)15-27-23(33)34-25(5,6)7;1-3-2/h9-12,14,19H,13,15H2,1-8H3,(H,27,33)(H,28,30);3H2,1-2H3/b16-12+;. The number of carbonyl (C=O) groups is 4. The molecular weight excluding hydrogens is 493 g/mol. The average molecular weight is 538 g/mol. The molecule has 0 radical (unpaired) electrons. The Morgan fingerprint density at radius 3 is 2.16 bits per heavy atom. The molecule has 1 unspecified atom stereocenters. The third-order valence-electron chi connectivity index (χ3n) is 4.85. The van der Waals surface area contributed by atoms with Gasteiger partial charge in [-0.15, -0.1) is 0 Å². The van der Waals surface area contributed by atoms with Crippen LogP contribution in [0.3, 0.4) is 0 Å². The van der Waals surface area contributed by atoms with Gasteiger partial charge in [-0.05, 0) is 50.8 Å². The minimum atomic E-state index is -1.13. The zero-order valence-electron chi connectivity index (χ0n) is 24.4. The van der Waals surface area contributed by atoms with E-state index in [9.17, 15) is 23.7 Å². The number of amides is 3. The highest BCUT2D eigenvalue weighted by Gasteiger charge is 2.34. The van der Waals surface area contributed by atoms with Gasteiger partial charge in [-0.3, -0.25) is 9.59 Å². The maximum Gasteiger partial charge on any atom is 0.407 e. The SMILES string of the molecule is C/C(=C\CN(C)C(=O)C(NC(=O)c1cccc(CNC(=O)OC(C)(C)C)c1)C(C)(C)C)C(=O)OF.CCC. The van der Waals surface area contributed by atoms with E-state index >= 15 is 0 Å². The first-order valence-electron chi connectivity index (χ1n) is 12.6. The first-order valence-corrected chi connectivity index (χ1v) is 12.6. The van der Waals surface area contributed by atoms with Gasteiger partial charge in [0.2, 0.25) is 5.91 Å². The van der Waals surface area contributed by atoms with Crippen LogP contribution in [0.4, 0.5) is 9.32 Å². The van der Waals surface area contributed by atoms with Crippen LogP contribution in [0, 0.1) is 5.41 Å². The van der Waals surface area contributed by atoms with Gasteiger partial charge in [-0.25, -0.2) is 14.5 Å². The normalized spacial score (nSPS) is 12.3. The smallest absolute Gasteiger partial charge is 0.407 e. The number of nitrogens with one attached hydrogen (secondary N) is 2. The lowest BCUT2D eigenvalue weighted by Gasteiger charge is -2.33. The van der Waals surface area contributed by atoms with Crippen molar-refractivity contribution < 1.29 is 33.4 Å². The summed E-state index contributed by atoms with van der Waals surface area (Å²) in [6, 6.07) is 5.78. The highest BCUT2D eigenvalue weighted by Crippen LogP contribution is 2.22. The molecule has 0 spiro atoms. The number of nitrogens with zero attached hydrogens (tertiary/aromatic N) is 1. The molecule has 0 bridgehead atoms. The van der Waals surface area contributed by atoms with Crippen molar-refractivity contribution in [3.8, 4) is 0 Å². The van der Waals surface area contributed by atoms with Gasteiger partial charge >= 0.3 is 12.1 Å². The molecule has 0 saturated carbocycles. The summed E-state index contributed by atoms with van der Waals surface area (Å²) in [7, 11) is 1.51. The van der Waals surface area contributed by atoms with Gasteiger partial charge in [0.1, 0.15) is 11.6 Å². The van der Waals surface area contributed by atoms with Crippen molar-refractivity contribution in [3.05, 3.63) is 47.0 Å². The van der Waals surface area contributed by atoms with Crippen molar-refractivity contribution in [2.45, 2.75) is 86.9 Å². The van der Waals surface area contributed by atoms with Gasteiger partial charge in [-0.1, -0.05) is 59.2 Å². The summed E-state index contributed by atoms with van der Waals surface area (Å²) in [4.78, 5) is 53.7. The Morgan fingerprint density at radius 1 is 1.08 bits per heavy atom. The highest BCUT2D eigenvalue weighted by atomic mass is 19.3. The van der Waals surface area contributed by atoms with E-state index < -0.39 is 35.0 Å².